The van der Waals surface area contributed by atoms with E-state index in [1.807, 2.05) is 11.8 Å². The van der Waals surface area contributed by atoms with Crippen LogP contribution in [0.5, 0.6) is 0 Å². The average molecular weight is 290 g/mol. The number of hydrogen-bond donors (Lipinski definition) is 2. The number of rotatable bonds is 3. The Hall–Kier alpha value is -1.00. The van der Waals surface area contributed by atoms with Crippen molar-refractivity contribution >= 4 is 17.7 Å². The SMILES string of the molecule is CSC1CCC(NC(=O)C2Cc3ccccc3CN2)C1. The highest BCUT2D eigenvalue weighted by molar-refractivity contribution is 7.99. The van der Waals surface area contributed by atoms with Crippen LogP contribution in [0.3, 0.4) is 0 Å². The van der Waals surface area contributed by atoms with Crippen molar-refractivity contribution in [2.24, 2.45) is 0 Å². The maximum atomic E-state index is 12.4. The quantitative estimate of drug-likeness (QED) is 0.896. The van der Waals surface area contributed by atoms with Crippen LogP contribution in [0.25, 0.3) is 0 Å². The van der Waals surface area contributed by atoms with Crippen LogP contribution < -0.4 is 10.6 Å². The third kappa shape index (κ3) is 3.01. The van der Waals surface area contributed by atoms with Crippen LogP contribution in [0.2, 0.25) is 0 Å². The van der Waals surface area contributed by atoms with Gasteiger partial charge in [-0.3, -0.25) is 4.79 Å². The Labute approximate surface area is 124 Å². The lowest BCUT2D eigenvalue weighted by atomic mass is 9.95. The molecule has 20 heavy (non-hydrogen) atoms. The number of nitrogens with one attached hydrogen (secondary N) is 2. The molecule has 3 unspecified atom stereocenters. The van der Waals surface area contributed by atoms with E-state index in [2.05, 4.69) is 41.2 Å². The van der Waals surface area contributed by atoms with Crippen LogP contribution in [-0.4, -0.2) is 29.5 Å². The van der Waals surface area contributed by atoms with E-state index in [-0.39, 0.29) is 11.9 Å². The maximum absolute atomic E-state index is 12.4. The summed E-state index contributed by atoms with van der Waals surface area (Å²) in [6, 6.07) is 8.69. The molecule has 1 aromatic rings. The summed E-state index contributed by atoms with van der Waals surface area (Å²) in [5, 5.41) is 7.31. The van der Waals surface area contributed by atoms with Crippen molar-refractivity contribution in [1.82, 2.24) is 10.6 Å². The summed E-state index contributed by atoms with van der Waals surface area (Å²) in [6.07, 6.45) is 6.44. The van der Waals surface area contributed by atoms with Crippen molar-refractivity contribution in [1.29, 1.82) is 0 Å². The summed E-state index contributed by atoms with van der Waals surface area (Å²) in [4.78, 5) is 12.4. The highest BCUT2D eigenvalue weighted by Crippen LogP contribution is 2.28. The van der Waals surface area contributed by atoms with Crippen molar-refractivity contribution in [3.8, 4) is 0 Å². The number of carbonyl (C=O) groups excluding carboxylic acids is 1. The van der Waals surface area contributed by atoms with Crippen LogP contribution in [-0.2, 0) is 17.8 Å². The highest BCUT2D eigenvalue weighted by Gasteiger charge is 2.29. The van der Waals surface area contributed by atoms with Gasteiger partial charge in [0.25, 0.3) is 0 Å². The molecule has 0 saturated heterocycles. The third-order valence-corrected chi connectivity index (χ3v) is 5.56. The van der Waals surface area contributed by atoms with Crippen LogP contribution in [0, 0.1) is 0 Å². The molecule has 3 rings (SSSR count). The van der Waals surface area contributed by atoms with Crippen LogP contribution in [0.15, 0.2) is 24.3 Å². The van der Waals surface area contributed by atoms with Crippen molar-refractivity contribution in [3.05, 3.63) is 35.4 Å². The smallest absolute Gasteiger partial charge is 0.237 e. The molecule has 1 saturated carbocycles. The molecule has 0 radical (unpaired) electrons. The van der Waals surface area contributed by atoms with E-state index < -0.39 is 0 Å². The van der Waals surface area contributed by atoms with Crippen molar-refractivity contribution in [2.75, 3.05) is 6.26 Å². The molecule has 3 nitrogen and oxygen atoms in total. The monoisotopic (exact) mass is 290 g/mol. The fraction of sp³-hybridized carbons (Fsp3) is 0.562. The molecule has 1 aliphatic carbocycles. The van der Waals surface area contributed by atoms with Gasteiger partial charge in [0.1, 0.15) is 0 Å². The van der Waals surface area contributed by atoms with Gasteiger partial charge in [-0.05, 0) is 43.1 Å². The van der Waals surface area contributed by atoms with Crippen LogP contribution >= 0.6 is 11.8 Å². The van der Waals surface area contributed by atoms with Crippen molar-refractivity contribution in [3.63, 3.8) is 0 Å². The fourth-order valence-electron chi connectivity index (χ4n) is 3.23. The number of fused-ring (bicyclic) bond motifs is 1. The highest BCUT2D eigenvalue weighted by atomic mass is 32.2. The van der Waals surface area contributed by atoms with Gasteiger partial charge in [0.05, 0.1) is 6.04 Å². The average Bonchev–Trinajstić information content (AvgIpc) is 2.94. The molecule has 4 heteroatoms. The zero-order valence-electron chi connectivity index (χ0n) is 11.9. The van der Waals surface area contributed by atoms with E-state index in [0.29, 0.717) is 6.04 Å². The molecule has 2 aliphatic rings. The Morgan fingerprint density at radius 3 is 2.85 bits per heavy atom. The zero-order valence-corrected chi connectivity index (χ0v) is 12.7. The molecule has 1 aliphatic heterocycles. The van der Waals surface area contributed by atoms with Gasteiger partial charge in [-0.1, -0.05) is 24.3 Å². The van der Waals surface area contributed by atoms with Gasteiger partial charge in [-0.25, -0.2) is 0 Å². The first-order valence-electron chi connectivity index (χ1n) is 7.39. The number of hydrogen-bond acceptors (Lipinski definition) is 3. The molecule has 3 atom stereocenters. The number of thioether (sulfide) groups is 1. The minimum absolute atomic E-state index is 0.0711. The molecule has 1 amide bonds. The Bertz CT molecular complexity index is 491. The second kappa shape index (κ2) is 6.19. The van der Waals surface area contributed by atoms with Gasteiger partial charge >= 0.3 is 0 Å². The summed E-state index contributed by atoms with van der Waals surface area (Å²) < 4.78 is 0. The summed E-state index contributed by atoms with van der Waals surface area (Å²) in [7, 11) is 0. The van der Waals surface area contributed by atoms with Gasteiger partial charge in [-0.2, -0.15) is 11.8 Å². The minimum atomic E-state index is -0.0711. The first-order chi connectivity index (χ1) is 9.76. The molecule has 2 N–H and O–H groups in total. The molecular formula is C16H22N2OS. The molecule has 1 aromatic carbocycles. The van der Waals surface area contributed by atoms with E-state index in [4.69, 9.17) is 0 Å². The Kier molecular flexibility index (Phi) is 4.32. The van der Waals surface area contributed by atoms with Gasteiger partial charge in [0.15, 0.2) is 0 Å². The van der Waals surface area contributed by atoms with Gasteiger partial charge in [0, 0.05) is 17.8 Å². The first kappa shape index (κ1) is 14.0. The topological polar surface area (TPSA) is 41.1 Å². The summed E-state index contributed by atoms with van der Waals surface area (Å²) in [5.41, 5.74) is 2.62. The maximum Gasteiger partial charge on any atom is 0.237 e. The molecule has 108 valence electrons. The molecule has 0 bridgehead atoms. The number of carbonyl (C=O) groups is 1. The molecule has 0 aromatic heterocycles. The van der Waals surface area contributed by atoms with Gasteiger partial charge < -0.3 is 10.6 Å². The number of amides is 1. The first-order valence-corrected chi connectivity index (χ1v) is 8.68. The van der Waals surface area contributed by atoms with E-state index in [1.165, 1.54) is 17.5 Å². The minimum Gasteiger partial charge on any atom is -0.352 e. The lowest BCUT2D eigenvalue weighted by Gasteiger charge is -2.26. The van der Waals surface area contributed by atoms with E-state index in [1.54, 1.807) is 0 Å². The van der Waals surface area contributed by atoms with E-state index >= 15 is 0 Å². The second-order valence-electron chi connectivity index (χ2n) is 5.78. The van der Waals surface area contributed by atoms with Crippen molar-refractivity contribution < 1.29 is 4.79 Å². The van der Waals surface area contributed by atoms with E-state index in [0.717, 1.165) is 31.1 Å². The van der Waals surface area contributed by atoms with Gasteiger partial charge in [-0.15, -0.1) is 0 Å². The molecular weight excluding hydrogens is 268 g/mol. The lowest BCUT2D eigenvalue weighted by molar-refractivity contribution is -0.124. The fourth-order valence-corrected chi connectivity index (χ4v) is 4.02. The molecule has 0 spiro atoms. The standard InChI is InChI=1S/C16H22N2OS/c1-20-14-7-6-13(9-14)18-16(19)15-8-11-4-2-3-5-12(11)10-17-15/h2-5,13-15,17H,6-10H2,1H3,(H,18,19). The molecule has 1 heterocycles. The normalized spacial score (nSPS) is 28.9. The summed E-state index contributed by atoms with van der Waals surface area (Å²) >= 11 is 1.92. The Balaban J connectivity index is 1.57. The summed E-state index contributed by atoms with van der Waals surface area (Å²) in [6.45, 7) is 0.798. The molecule has 1 fully saturated rings. The third-order valence-electron chi connectivity index (χ3n) is 4.46. The largest absolute Gasteiger partial charge is 0.352 e. The Morgan fingerprint density at radius 1 is 1.30 bits per heavy atom. The zero-order chi connectivity index (χ0) is 13.9. The number of benzene rings is 1. The van der Waals surface area contributed by atoms with Gasteiger partial charge in [0.2, 0.25) is 5.91 Å². The lowest BCUT2D eigenvalue weighted by Crippen LogP contribution is -2.50. The van der Waals surface area contributed by atoms with Crippen LogP contribution in [0.1, 0.15) is 30.4 Å². The predicted octanol–water partition coefficient (Wildman–Crippen LogP) is 2.10. The van der Waals surface area contributed by atoms with Crippen LogP contribution in [0.4, 0.5) is 0 Å². The van der Waals surface area contributed by atoms with E-state index in [9.17, 15) is 4.79 Å². The summed E-state index contributed by atoms with van der Waals surface area (Å²) in [5.74, 6) is 0.172. The van der Waals surface area contributed by atoms with Crippen molar-refractivity contribution in [2.45, 2.75) is 49.6 Å². The second-order valence-corrected chi connectivity index (χ2v) is 6.92. The predicted molar refractivity (Wildman–Crippen MR) is 83.9 cm³/mol. The Morgan fingerprint density at radius 2 is 2.10 bits per heavy atom.